The number of rotatable bonds is 6. The van der Waals surface area contributed by atoms with Gasteiger partial charge >= 0.3 is 0 Å². The molecule has 0 unspecified atom stereocenters. The van der Waals surface area contributed by atoms with Crippen molar-refractivity contribution in [2.24, 2.45) is 0 Å². The second-order valence-corrected chi connectivity index (χ2v) is 10.5. The summed E-state index contributed by atoms with van der Waals surface area (Å²) in [5, 5.41) is 3.55. The second kappa shape index (κ2) is 10.1. The number of hydrogen-bond donors (Lipinski definition) is 1. The van der Waals surface area contributed by atoms with Gasteiger partial charge in [-0.25, -0.2) is 0 Å². The van der Waals surface area contributed by atoms with Crippen molar-refractivity contribution >= 4 is 11.4 Å². The molecule has 0 spiro atoms. The maximum atomic E-state index is 3.55. The smallest absolute Gasteiger partial charge is 0.0384 e. The van der Waals surface area contributed by atoms with E-state index in [-0.39, 0.29) is 0 Å². The van der Waals surface area contributed by atoms with Crippen molar-refractivity contribution in [3.05, 3.63) is 108 Å². The van der Waals surface area contributed by atoms with Crippen molar-refractivity contribution in [3.63, 3.8) is 0 Å². The third-order valence-corrected chi connectivity index (χ3v) is 8.20. The molecular formula is C34H35N. The zero-order chi connectivity index (χ0) is 23.5. The largest absolute Gasteiger partial charge is 0.356 e. The molecule has 2 saturated carbocycles. The number of hydrogen-bond acceptors (Lipinski definition) is 1. The van der Waals surface area contributed by atoms with Crippen LogP contribution in [-0.4, -0.2) is 0 Å². The predicted octanol–water partition coefficient (Wildman–Crippen LogP) is 10.1. The van der Waals surface area contributed by atoms with Gasteiger partial charge in [-0.3, -0.25) is 0 Å². The molecule has 0 aromatic heterocycles. The Morgan fingerprint density at radius 1 is 0.371 bits per heavy atom. The van der Waals surface area contributed by atoms with Gasteiger partial charge in [0.25, 0.3) is 0 Å². The molecule has 0 saturated heterocycles. The van der Waals surface area contributed by atoms with Crippen LogP contribution in [0.3, 0.4) is 0 Å². The topological polar surface area (TPSA) is 12.0 Å². The lowest BCUT2D eigenvalue weighted by molar-refractivity contribution is 0.723. The van der Waals surface area contributed by atoms with Crippen molar-refractivity contribution in [2.45, 2.75) is 63.2 Å². The molecule has 2 fully saturated rings. The number of nitrogens with one attached hydrogen (secondary N) is 1. The highest BCUT2D eigenvalue weighted by molar-refractivity contribution is 5.71. The second-order valence-electron chi connectivity index (χ2n) is 10.5. The summed E-state index contributed by atoms with van der Waals surface area (Å²) in [5.41, 5.74) is 10.4. The Labute approximate surface area is 210 Å². The Bertz CT molecular complexity index is 1120. The molecule has 0 heterocycles. The molecule has 1 nitrogen and oxygen atoms in total. The molecule has 0 aliphatic heterocycles. The van der Waals surface area contributed by atoms with E-state index in [1.165, 1.54) is 84.7 Å². The Hall–Kier alpha value is -3.32. The van der Waals surface area contributed by atoms with Gasteiger partial charge in [0.1, 0.15) is 0 Å². The number of anilines is 2. The maximum Gasteiger partial charge on any atom is 0.0384 e. The van der Waals surface area contributed by atoms with Crippen LogP contribution < -0.4 is 5.32 Å². The van der Waals surface area contributed by atoms with Crippen LogP contribution in [0.2, 0.25) is 0 Å². The summed E-state index contributed by atoms with van der Waals surface area (Å²) in [5.74, 6) is 1.55. The first-order chi connectivity index (χ1) is 17.3. The van der Waals surface area contributed by atoms with E-state index in [0.717, 1.165) is 23.2 Å². The first kappa shape index (κ1) is 22.2. The summed E-state index contributed by atoms with van der Waals surface area (Å²) in [6.45, 7) is 0. The van der Waals surface area contributed by atoms with Gasteiger partial charge in [-0.1, -0.05) is 98.5 Å². The van der Waals surface area contributed by atoms with E-state index in [1.807, 2.05) is 0 Å². The molecular weight excluding hydrogens is 422 g/mol. The summed E-state index contributed by atoms with van der Waals surface area (Å²) in [6, 6.07) is 36.1. The predicted molar refractivity (Wildman–Crippen MR) is 149 cm³/mol. The standard InChI is InChI=1S/C34H35N/c1-2-6-25(5-1)27-9-13-29(14-10-27)31-17-21-33(22-18-31)35-34-23-19-32(20-24-34)30-15-11-28(12-16-30)26-7-3-4-8-26/h9-26,35H,1-8H2. The molecule has 4 aromatic rings. The first-order valence-corrected chi connectivity index (χ1v) is 13.5. The summed E-state index contributed by atoms with van der Waals surface area (Å²) < 4.78 is 0. The Kier molecular flexibility index (Phi) is 6.41. The van der Waals surface area contributed by atoms with Gasteiger partial charge in [-0.15, -0.1) is 0 Å². The number of benzene rings is 4. The van der Waals surface area contributed by atoms with E-state index in [2.05, 4.69) is 102 Å². The highest BCUT2D eigenvalue weighted by atomic mass is 14.9. The van der Waals surface area contributed by atoms with Crippen molar-refractivity contribution in [2.75, 3.05) is 5.32 Å². The molecule has 35 heavy (non-hydrogen) atoms. The van der Waals surface area contributed by atoms with Crippen LogP contribution in [0.5, 0.6) is 0 Å². The van der Waals surface area contributed by atoms with E-state index < -0.39 is 0 Å². The van der Waals surface area contributed by atoms with E-state index >= 15 is 0 Å². The van der Waals surface area contributed by atoms with Gasteiger partial charge in [0, 0.05) is 11.4 Å². The van der Waals surface area contributed by atoms with Crippen LogP contribution in [0, 0.1) is 0 Å². The zero-order valence-corrected chi connectivity index (χ0v) is 20.5. The Balaban J connectivity index is 1.09. The normalized spacial score (nSPS) is 16.6. The van der Waals surface area contributed by atoms with Gasteiger partial charge in [-0.05, 0) is 95.2 Å². The van der Waals surface area contributed by atoms with E-state index in [0.29, 0.717) is 0 Å². The molecule has 0 atom stereocenters. The van der Waals surface area contributed by atoms with Crippen LogP contribution in [0.4, 0.5) is 11.4 Å². The first-order valence-electron chi connectivity index (χ1n) is 13.5. The lowest BCUT2D eigenvalue weighted by Gasteiger charge is -2.12. The molecule has 2 aliphatic carbocycles. The summed E-state index contributed by atoms with van der Waals surface area (Å²) in [4.78, 5) is 0. The molecule has 4 aromatic carbocycles. The van der Waals surface area contributed by atoms with E-state index in [9.17, 15) is 0 Å². The molecule has 1 N–H and O–H groups in total. The quantitative estimate of drug-likeness (QED) is 0.304. The SMILES string of the molecule is c1cc(-c2ccc(C3CCCC3)cc2)ccc1Nc1ccc(-c2ccc(C3CCCC3)cc2)cc1. The summed E-state index contributed by atoms with van der Waals surface area (Å²) in [6.07, 6.45) is 11.0. The lowest BCUT2D eigenvalue weighted by Crippen LogP contribution is -1.92. The highest BCUT2D eigenvalue weighted by Crippen LogP contribution is 2.36. The summed E-state index contributed by atoms with van der Waals surface area (Å²) >= 11 is 0. The molecule has 0 radical (unpaired) electrons. The van der Waals surface area contributed by atoms with Crippen LogP contribution >= 0.6 is 0 Å². The van der Waals surface area contributed by atoms with Gasteiger partial charge in [0.15, 0.2) is 0 Å². The molecule has 6 rings (SSSR count). The lowest BCUT2D eigenvalue weighted by atomic mass is 9.95. The average Bonchev–Trinajstić information content (AvgIpc) is 3.65. The van der Waals surface area contributed by atoms with Crippen LogP contribution in [-0.2, 0) is 0 Å². The minimum Gasteiger partial charge on any atom is -0.356 e. The maximum absolute atomic E-state index is 3.55. The molecule has 176 valence electrons. The van der Waals surface area contributed by atoms with Crippen LogP contribution in [0.1, 0.15) is 74.3 Å². The fourth-order valence-corrected chi connectivity index (χ4v) is 6.07. The third kappa shape index (κ3) is 5.05. The van der Waals surface area contributed by atoms with Gasteiger partial charge in [-0.2, -0.15) is 0 Å². The molecule has 0 bridgehead atoms. The van der Waals surface area contributed by atoms with E-state index in [1.54, 1.807) is 0 Å². The van der Waals surface area contributed by atoms with Crippen LogP contribution in [0.25, 0.3) is 22.3 Å². The minimum absolute atomic E-state index is 0.776. The molecule has 2 aliphatic rings. The Morgan fingerprint density at radius 2 is 0.657 bits per heavy atom. The fraction of sp³-hybridized carbons (Fsp3) is 0.294. The van der Waals surface area contributed by atoms with Crippen molar-refractivity contribution in [1.82, 2.24) is 0 Å². The zero-order valence-electron chi connectivity index (χ0n) is 20.5. The molecule has 0 amide bonds. The van der Waals surface area contributed by atoms with Crippen LogP contribution in [0.15, 0.2) is 97.1 Å². The van der Waals surface area contributed by atoms with Gasteiger partial charge in [0.05, 0.1) is 0 Å². The van der Waals surface area contributed by atoms with Crippen molar-refractivity contribution in [1.29, 1.82) is 0 Å². The van der Waals surface area contributed by atoms with Crippen molar-refractivity contribution in [3.8, 4) is 22.3 Å². The van der Waals surface area contributed by atoms with Gasteiger partial charge < -0.3 is 5.32 Å². The highest BCUT2D eigenvalue weighted by Gasteiger charge is 2.17. The van der Waals surface area contributed by atoms with Crippen molar-refractivity contribution < 1.29 is 0 Å². The minimum atomic E-state index is 0.776. The monoisotopic (exact) mass is 457 g/mol. The Morgan fingerprint density at radius 3 is 0.971 bits per heavy atom. The van der Waals surface area contributed by atoms with Gasteiger partial charge in [0.2, 0.25) is 0 Å². The average molecular weight is 458 g/mol. The van der Waals surface area contributed by atoms with E-state index in [4.69, 9.17) is 0 Å². The third-order valence-electron chi connectivity index (χ3n) is 8.20. The summed E-state index contributed by atoms with van der Waals surface area (Å²) in [7, 11) is 0. The fourth-order valence-electron chi connectivity index (χ4n) is 6.07. The molecule has 1 heteroatoms.